The Labute approximate surface area is 150 Å². The van der Waals surface area contributed by atoms with Gasteiger partial charge in [0.1, 0.15) is 0 Å². The quantitative estimate of drug-likeness (QED) is 0.336. The SMILES string of the molecule is CCCCCCCCCCCC(=O)N/N=C/c1ccc2c(c1)OCO2. The van der Waals surface area contributed by atoms with Crippen molar-refractivity contribution in [1.82, 2.24) is 5.43 Å². The number of nitrogens with zero attached hydrogens (tertiary/aromatic N) is 1. The summed E-state index contributed by atoms with van der Waals surface area (Å²) in [4.78, 5) is 11.8. The summed E-state index contributed by atoms with van der Waals surface area (Å²) in [5, 5.41) is 4.00. The molecule has 0 fully saturated rings. The minimum Gasteiger partial charge on any atom is -0.454 e. The van der Waals surface area contributed by atoms with Crippen LogP contribution in [0.25, 0.3) is 0 Å². The van der Waals surface area contributed by atoms with Gasteiger partial charge >= 0.3 is 0 Å². The van der Waals surface area contributed by atoms with Gasteiger partial charge in [-0.25, -0.2) is 5.43 Å². The number of rotatable bonds is 12. The van der Waals surface area contributed by atoms with Gasteiger partial charge in [-0.2, -0.15) is 5.10 Å². The van der Waals surface area contributed by atoms with Gasteiger partial charge in [0.15, 0.2) is 11.5 Å². The number of hydrogen-bond acceptors (Lipinski definition) is 4. The van der Waals surface area contributed by atoms with Crippen LogP contribution in [0.1, 0.15) is 76.7 Å². The van der Waals surface area contributed by atoms with Crippen molar-refractivity contribution >= 4 is 12.1 Å². The zero-order valence-electron chi connectivity index (χ0n) is 15.3. The predicted molar refractivity (Wildman–Crippen MR) is 100 cm³/mol. The van der Waals surface area contributed by atoms with E-state index in [4.69, 9.17) is 9.47 Å². The van der Waals surface area contributed by atoms with Gasteiger partial charge in [0.05, 0.1) is 6.21 Å². The molecule has 0 aromatic heterocycles. The fourth-order valence-corrected chi connectivity index (χ4v) is 2.82. The molecule has 0 aliphatic carbocycles. The summed E-state index contributed by atoms with van der Waals surface area (Å²) in [6.07, 6.45) is 13.4. The van der Waals surface area contributed by atoms with E-state index in [-0.39, 0.29) is 12.7 Å². The van der Waals surface area contributed by atoms with E-state index in [1.54, 1.807) is 6.21 Å². The van der Waals surface area contributed by atoms with Crippen LogP contribution < -0.4 is 14.9 Å². The summed E-state index contributed by atoms with van der Waals surface area (Å²) in [5.74, 6) is 1.43. The largest absolute Gasteiger partial charge is 0.454 e. The molecule has 1 heterocycles. The average Bonchev–Trinajstić information content (AvgIpc) is 3.08. The third kappa shape index (κ3) is 7.59. The minimum absolute atomic E-state index is 0.0278. The summed E-state index contributed by atoms with van der Waals surface area (Å²) in [6, 6.07) is 5.57. The number of ether oxygens (including phenoxy) is 2. The molecule has 0 saturated heterocycles. The van der Waals surface area contributed by atoms with Crippen LogP contribution >= 0.6 is 0 Å². The molecule has 1 aromatic rings. The highest BCUT2D eigenvalue weighted by atomic mass is 16.7. The molecule has 5 nitrogen and oxygen atoms in total. The molecule has 0 radical (unpaired) electrons. The Hall–Kier alpha value is -2.04. The van der Waals surface area contributed by atoms with Crippen LogP contribution in [0.15, 0.2) is 23.3 Å². The lowest BCUT2D eigenvalue weighted by Crippen LogP contribution is -2.16. The van der Waals surface area contributed by atoms with Gasteiger partial charge < -0.3 is 9.47 Å². The number of amides is 1. The fraction of sp³-hybridized carbons (Fsp3) is 0.600. The highest BCUT2D eigenvalue weighted by Gasteiger charge is 2.12. The third-order valence-corrected chi connectivity index (χ3v) is 4.31. The van der Waals surface area contributed by atoms with E-state index < -0.39 is 0 Å². The Morgan fingerprint density at radius 1 is 1.04 bits per heavy atom. The maximum absolute atomic E-state index is 11.8. The lowest BCUT2D eigenvalue weighted by molar-refractivity contribution is -0.121. The first-order chi connectivity index (χ1) is 12.3. The average molecular weight is 346 g/mol. The first-order valence-corrected chi connectivity index (χ1v) is 9.51. The Morgan fingerprint density at radius 3 is 2.48 bits per heavy atom. The highest BCUT2D eigenvalue weighted by Crippen LogP contribution is 2.31. The van der Waals surface area contributed by atoms with Crippen molar-refractivity contribution in [2.75, 3.05) is 6.79 Å². The van der Waals surface area contributed by atoms with Gasteiger partial charge in [-0.15, -0.1) is 0 Å². The van der Waals surface area contributed by atoms with Gasteiger partial charge in [-0.1, -0.05) is 58.3 Å². The summed E-state index contributed by atoms with van der Waals surface area (Å²) < 4.78 is 10.6. The van der Waals surface area contributed by atoms with Crippen LogP contribution in [0.2, 0.25) is 0 Å². The zero-order chi connectivity index (χ0) is 17.7. The van der Waals surface area contributed by atoms with Gasteiger partial charge in [-0.05, 0) is 30.2 Å². The number of hydrogen-bond donors (Lipinski definition) is 1. The molecule has 1 aliphatic rings. The first kappa shape index (κ1) is 19.3. The second kappa shape index (κ2) is 11.5. The Balaban J connectivity index is 1.51. The topological polar surface area (TPSA) is 59.9 Å². The lowest BCUT2D eigenvalue weighted by Gasteiger charge is -2.02. The molecule has 2 rings (SSSR count). The smallest absolute Gasteiger partial charge is 0.240 e. The molecule has 1 amide bonds. The molecule has 138 valence electrons. The van der Waals surface area contributed by atoms with Gasteiger partial charge in [0, 0.05) is 6.42 Å². The molecule has 0 atom stereocenters. The summed E-state index contributed by atoms with van der Waals surface area (Å²) in [7, 11) is 0. The summed E-state index contributed by atoms with van der Waals surface area (Å²) in [6.45, 7) is 2.50. The highest BCUT2D eigenvalue weighted by molar-refractivity contribution is 5.83. The number of benzene rings is 1. The summed E-state index contributed by atoms with van der Waals surface area (Å²) in [5.41, 5.74) is 3.45. The molecular formula is C20H30N2O3. The van der Waals surface area contributed by atoms with Crippen LogP contribution in [-0.2, 0) is 4.79 Å². The van der Waals surface area contributed by atoms with E-state index in [0.29, 0.717) is 12.2 Å². The van der Waals surface area contributed by atoms with Gasteiger partial charge in [-0.3, -0.25) is 4.79 Å². The number of unbranched alkanes of at least 4 members (excludes halogenated alkanes) is 8. The first-order valence-electron chi connectivity index (χ1n) is 9.51. The molecular weight excluding hydrogens is 316 g/mol. The third-order valence-electron chi connectivity index (χ3n) is 4.31. The second-order valence-corrected chi connectivity index (χ2v) is 6.48. The Morgan fingerprint density at radius 2 is 1.72 bits per heavy atom. The minimum atomic E-state index is -0.0278. The van der Waals surface area contributed by atoms with Crippen LogP contribution in [0.5, 0.6) is 11.5 Å². The number of fused-ring (bicyclic) bond motifs is 1. The molecule has 5 heteroatoms. The number of nitrogens with one attached hydrogen (secondary N) is 1. The van der Waals surface area contributed by atoms with Gasteiger partial charge in [0.2, 0.25) is 12.7 Å². The zero-order valence-corrected chi connectivity index (χ0v) is 15.3. The molecule has 25 heavy (non-hydrogen) atoms. The number of carbonyl (C=O) groups is 1. The van der Waals surface area contributed by atoms with Crippen molar-refractivity contribution in [2.45, 2.75) is 71.1 Å². The Bertz CT molecular complexity index is 558. The van der Waals surface area contributed by atoms with Crippen molar-refractivity contribution in [3.05, 3.63) is 23.8 Å². The van der Waals surface area contributed by atoms with Crippen LogP contribution in [-0.4, -0.2) is 18.9 Å². The van der Waals surface area contributed by atoms with E-state index in [2.05, 4.69) is 17.5 Å². The van der Waals surface area contributed by atoms with Crippen LogP contribution in [0, 0.1) is 0 Å². The monoisotopic (exact) mass is 346 g/mol. The van der Waals surface area contributed by atoms with Crippen molar-refractivity contribution in [3.8, 4) is 11.5 Å². The number of carbonyl (C=O) groups excluding carboxylic acids is 1. The standard InChI is InChI=1S/C20H30N2O3/c1-2-3-4-5-6-7-8-9-10-11-20(23)22-21-15-17-12-13-18-19(14-17)25-16-24-18/h12-15H,2-11,16H2,1H3,(H,22,23)/b21-15+. The maximum atomic E-state index is 11.8. The molecule has 1 aliphatic heterocycles. The van der Waals surface area contributed by atoms with Crippen molar-refractivity contribution in [2.24, 2.45) is 5.10 Å². The van der Waals surface area contributed by atoms with E-state index in [9.17, 15) is 4.79 Å². The van der Waals surface area contributed by atoms with E-state index in [1.165, 1.54) is 44.9 Å². The maximum Gasteiger partial charge on any atom is 0.240 e. The van der Waals surface area contributed by atoms with Crippen LogP contribution in [0.4, 0.5) is 0 Å². The lowest BCUT2D eigenvalue weighted by atomic mass is 10.1. The fourth-order valence-electron chi connectivity index (χ4n) is 2.82. The van der Waals surface area contributed by atoms with E-state index in [0.717, 1.165) is 24.2 Å². The molecule has 1 N–H and O–H groups in total. The predicted octanol–water partition coefficient (Wildman–Crippen LogP) is 4.79. The van der Waals surface area contributed by atoms with E-state index >= 15 is 0 Å². The van der Waals surface area contributed by atoms with Crippen molar-refractivity contribution in [3.63, 3.8) is 0 Å². The van der Waals surface area contributed by atoms with Gasteiger partial charge in [0.25, 0.3) is 0 Å². The van der Waals surface area contributed by atoms with Crippen LogP contribution in [0.3, 0.4) is 0 Å². The molecule has 0 spiro atoms. The molecule has 1 aromatic carbocycles. The van der Waals surface area contributed by atoms with E-state index in [1.807, 2.05) is 18.2 Å². The van der Waals surface area contributed by atoms with Crippen molar-refractivity contribution < 1.29 is 14.3 Å². The molecule has 0 bridgehead atoms. The molecule has 0 unspecified atom stereocenters. The summed E-state index contributed by atoms with van der Waals surface area (Å²) >= 11 is 0. The number of hydrazone groups is 1. The Kier molecular flexibility index (Phi) is 8.87. The van der Waals surface area contributed by atoms with Crippen molar-refractivity contribution in [1.29, 1.82) is 0 Å². The normalized spacial score (nSPS) is 12.7. The second-order valence-electron chi connectivity index (χ2n) is 6.48. The molecule has 0 saturated carbocycles.